The third kappa shape index (κ3) is 6.38. The largest absolute Gasteiger partial charge is 0.382 e. The van der Waals surface area contributed by atoms with Crippen LogP contribution < -0.4 is 5.73 Å². The molecule has 0 atom stereocenters. The number of hydrogen-bond donors (Lipinski definition) is 1. The lowest BCUT2D eigenvalue weighted by atomic mass is 10.2. The van der Waals surface area contributed by atoms with Gasteiger partial charge in [-0.3, -0.25) is 0 Å². The molecule has 0 aliphatic heterocycles. The molecular weight excluding hydrogens is 460 g/mol. The van der Waals surface area contributed by atoms with Crippen LogP contribution in [0, 0.1) is 0 Å². The maximum absolute atomic E-state index is 12.4. The van der Waals surface area contributed by atoms with Crippen molar-refractivity contribution in [3.63, 3.8) is 0 Å². The van der Waals surface area contributed by atoms with Crippen LogP contribution in [0.5, 0.6) is 0 Å². The normalized spacial score (nSPS) is 12.0. The van der Waals surface area contributed by atoms with Crippen molar-refractivity contribution < 1.29 is 13.2 Å². The topological polar surface area (TPSA) is 100 Å². The zero-order chi connectivity index (χ0) is 24.7. The molecule has 0 aliphatic carbocycles. The van der Waals surface area contributed by atoms with Crippen LogP contribution in [0.2, 0.25) is 0 Å². The molecule has 4 rings (SSSR count). The van der Waals surface area contributed by atoms with Crippen molar-refractivity contribution in [2.24, 2.45) is 0 Å². The summed E-state index contributed by atoms with van der Waals surface area (Å²) in [5.41, 5.74) is 9.71. The van der Waals surface area contributed by atoms with Gasteiger partial charge < -0.3 is 15.0 Å². The number of hydrogen-bond acceptors (Lipinski definition) is 6. The number of unbranched alkanes of at least 4 members (excludes halogenated alkanes) is 2. The highest BCUT2D eigenvalue weighted by atomic mass is 32.2. The lowest BCUT2D eigenvalue weighted by molar-refractivity contribution is 0.124. The van der Waals surface area contributed by atoms with Crippen LogP contribution in [0.1, 0.15) is 44.0 Å². The number of para-hydroxylation sites is 1. The molecule has 7 nitrogen and oxygen atoms in total. The van der Waals surface area contributed by atoms with Gasteiger partial charge in [-0.05, 0) is 30.9 Å². The minimum absolute atomic E-state index is 0.0921. The third-order valence-corrected chi connectivity index (χ3v) is 7.81. The molecule has 2 aromatic heterocycles. The number of fused-ring (bicyclic) bond motifs is 3. The molecule has 8 heteroatoms. The van der Waals surface area contributed by atoms with E-state index in [1.165, 1.54) is 0 Å². The summed E-state index contributed by atoms with van der Waals surface area (Å²) < 4.78 is 32.8. The molecule has 186 valence electrons. The average Bonchev–Trinajstić information content (AvgIpc) is 3.21. The molecular formula is C27H34N4O3S. The number of aromatic nitrogens is 3. The number of benzene rings is 2. The molecule has 0 radical (unpaired) electrons. The highest BCUT2D eigenvalue weighted by Gasteiger charge is 2.17. The summed E-state index contributed by atoms with van der Waals surface area (Å²) in [5.74, 6) is 1.72. The van der Waals surface area contributed by atoms with Crippen molar-refractivity contribution in [1.82, 2.24) is 14.5 Å². The predicted molar refractivity (Wildman–Crippen MR) is 142 cm³/mol. The van der Waals surface area contributed by atoms with Gasteiger partial charge in [-0.25, -0.2) is 18.4 Å². The molecule has 0 fully saturated rings. The van der Waals surface area contributed by atoms with Crippen LogP contribution in [0.3, 0.4) is 0 Å². The van der Waals surface area contributed by atoms with Crippen LogP contribution in [0.4, 0.5) is 5.82 Å². The van der Waals surface area contributed by atoms with E-state index in [0.29, 0.717) is 38.4 Å². The Labute approximate surface area is 207 Å². The van der Waals surface area contributed by atoms with Crippen molar-refractivity contribution in [2.45, 2.75) is 51.3 Å². The molecule has 0 unspecified atom stereocenters. The van der Waals surface area contributed by atoms with Gasteiger partial charge >= 0.3 is 0 Å². The van der Waals surface area contributed by atoms with E-state index in [4.69, 9.17) is 15.5 Å². The molecule has 0 saturated carbocycles. The Balaban J connectivity index is 1.35. The Morgan fingerprint density at radius 1 is 0.943 bits per heavy atom. The minimum atomic E-state index is -3.11. The zero-order valence-electron chi connectivity index (χ0n) is 20.3. The molecule has 0 saturated heterocycles. The SMILES string of the molecule is CCCCc1nc2c(N)nc3ccccc3c2n1CCOCCCCS(=O)(=O)Cc1ccccc1. The molecule has 35 heavy (non-hydrogen) atoms. The standard InChI is InChI=1S/C27H34N4O3S/c1-2-3-15-24-30-25-26(22-13-7-8-14-23(22)29-27(25)28)31(24)16-18-34-17-9-10-19-35(32,33)20-21-11-5-4-6-12-21/h4-8,11-14H,2-3,9-10,15-20H2,1H3,(H2,28,29). The number of rotatable bonds is 13. The van der Waals surface area contributed by atoms with Crippen LogP contribution in [0.15, 0.2) is 54.6 Å². The number of nitrogens with two attached hydrogens (primary N) is 1. The van der Waals surface area contributed by atoms with Gasteiger partial charge in [-0.1, -0.05) is 61.9 Å². The predicted octanol–water partition coefficient (Wildman–Crippen LogP) is 4.92. The molecule has 2 aromatic carbocycles. The molecule has 0 spiro atoms. The van der Waals surface area contributed by atoms with Crippen LogP contribution >= 0.6 is 0 Å². The number of ether oxygens (including phenoxy) is 1. The molecule has 0 amide bonds. The number of imidazole rings is 1. The van der Waals surface area contributed by atoms with Crippen molar-refractivity contribution in [2.75, 3.05) is 24.7 Å². The number of pyridine rings is 1. The summed E-state index contributed by atoms with van der Waals surface area (Å²) in [6.07, 6.45) is 4.31. The number of anilines is 1. The quantitative estimate of drug-likeness (QED) is 0.265. The number of sulfone groups is 1. The summed E-state index contributed by atoms with van der Waals surface area (Å²) in [5, 5.41) is 1.04. The smallest absolute Gasteiger partial charge is 0.154 e. The first-order valence-corrected chi connectivity index (χ1v) is 14.2. The van der Waals surface area contributed by atoms with Gasteiger partial charge in [0.05, 0.1) is 29.1 Å². The molecule has 4 aromatic rings. The lowest BCUT2D eigenvalue weighted by Gasteiger charge is -2.11. The summed E-state index contributed by atoms with van der Waals surface area (Å²) in [6, 6.07) is 17.3. The van der Waals surface area contributed by atoms with E-state index in [0.717, 1.165) is 52.6 Å². The van der Waals surface area contributed by atoms with E-state index < -0.39 is 9.84 Å². The van der Waals surface area contributed by atoms with Crippen LogP contribution in [-0.4, -0.2) is 41.9 Å². The maximum atomic E-state index is 12.4. The Hall–Kier alpha value is -2.97. The summed E-state index contributed by atoms with van der Waals surface area (Å²) in [4.78, 5) is 9.38. The van der Waals surface area contributed by atoms with Gasteiger partial charge in [0, 0.05) is 25.0 Å². The minimum Gasteiger partial charge on any atom is -0.382 e. The fraction of sp³-hybridized carbons (Fsp3) is 0.407. The van der Waals surface area contributed by atoms with Crippen molar-refractivity contribution in [1.29, 1.82) is 0 Å². The Kier molecular flexibility index (Phi) is 8.36. The second-order valence-electron chi connectivity index (χ2n) is 8.89. The van der Waals surface area contributed by atoms with Crippen LogP contribution in [0.25, 0.3) is 21.9 Å². The van der Waals surface area contributed by atoms with Crippen LogP contribution in [-0.2, 0) is 33.3 Å². The summed E-state index contributed by atoms with van der Waals surface area (Å²) in [7, 11) is -3.11. The summed E-state index contributed by atoms with van der Waals surface area (Å²) in [6.45, 7) is 3.89. The van der Waals surface area contributed by atoms with Gasteiger partial charge in [0.2, 0.25) is 0 Å². The summed E-state index contributed by atoms with van der Waals surface area (Å²) >= 11 is 0. The van der Waals surface area contributed by atoms with Crippen molar-refractivity contribution >= 4 is 37.6 Å². The lowest BCUT2D eigenvalue weighted by Crippen LogP contribution is -2.12. The van der Waals surface area contributed by atoms with Gasteiger partial charge in [-0.15, -0.1) is 0 Å². The Bertz CT molecular complexity index is 1370. The maximum Gasteiger partial charge on any atom is 0.154 e. The second kappa shape index (κ2) is 11.6. The molecule has 2 heterocycles. The Morgan fingerprint density at radius 3 is 2.51 bits per heavy atom. The molecule has 2 N–H and O–H groups in total. The van der Waals surface area contributed by atoms with E-state index >= 15 is 0 Å². The number of nitrogen functional groups attached to an aromatic ring is 1. The molecule has 0 aliphatic rings. The number of aryl methyl sites for hydroxylation is 1. The van der Waals surface area contributed by atoms with E-state index in [1.807, 2.05) is 48.5 Å². The highest BCUT2D eigenvalue weighted by molar-refractivity contribution is 7.90. The first kappa shape index (κ1) is 25.1. The average molecular weight is 495 g/mol. The van der Waals surface area contributed by atoms with Gasteiger partial charge in [0.25, 0.3) is 0 Å². The monoisotopic (exact) mass is 494 g/mol. The molecule has 0 bridgehead atoms. The van der Waals surface area contributed by atoms with Gasteiger partial charge in [0.1, 0.15) is 11.3 Å². The van der Waals surface area contributed by atoms with E-state index in [1.54, 1.807) is 0 Å². The third-order valence-electron chi connectivity index (χ3n) is 6.13. The van der Waals surface area contributed by atoms with Gasteiger partial charge in [-0.2, -0.15) is 0 Å². The second-order valence-corrected chi connectivity index (χ2v) is 11.1. The Morgan fingerprint density at radius 2 is 1.71 bits per heavy atom. The first-order chi connectivity index (χ1) is 17.0. The fourth-order valence-electron chi connectivity index (χ4n) is 4.36. The number of nitrogens with zero attached hydrogens (tertiary/aromatic N) is 3. The zero-order valence-corrected chi connectivity index (χ0v) is 21.1. The van der Waals surface area contributed by atoms with Crippen molar-refractivity contribution in [3.8, 4) is 0 Å². The highest BCUT2D eigenvalue weighted by Crippen LogP contribution is 2.29. The van der Waals surface area contributed by atoms with Crippen molar-refractivity contribution in [3.05, 3.63) is 66.0 Å². The van der Waals surface area contributed by atoms with E-state index in [2.05, 4.69) is 22.5 Å². The van der Waals surface area contributed by atoms with E-state index in [-0.39, 0.29) is 11.5 Å². The first-order valence-electron chi connectivity index (χ1n) is 12.3. The van der Waals surface area contributed by atoms with Gasteiger partial charge in [0.15, 0.2) is 15.7 Å². The fourth-order valence-corrected chi connectivity index (χ4v) is 5.84. The van der Waals surface area contributed by atoms with E-state index in [9.17, 15) is 8.42 Å².